The van der Waals surface area contributed by atoms with Crippen LogP contribution in [0.4, 0.5) is 0 Å². The molecule has 1 aromatic rings. The third kappa shape index (κ3) is 2.09. The topological polar surface area (TPSA) is 129 Å². The maximum atomic E-state index is 12.0. The lowest BCUT2D eigenvalue weighted by molar-refractivity contribution is -0.142. The number of aliphatic carboxylic acids is 1. The highest BCUT2D eigenvalue weighted by atomic mass is 16.4. The molecule has 2 heterocycles. The summed E-state index contributed by atoms with van der Waals surface area (Å²) in [5, 5.41) is 14.7. The second-order valence-electron chi connectivity index (χ2n) is 4.24. The number of carboxylic acids is 1. The van der Waals surface area contributed by atoms with E-state index in [1.165, 1.54) is 17.0 Å². The van der Waals surface area contributed by atoms with E-state index in [2.05, 4.69) is 10.2 Å². The van der Waals surface area contributed by atoms with Crippen molar-refractivity contribution in [1.82, 2.24) is 15.1 Å². The van der Waals surface area contributed by atoms with E-state index in [1.54, 1.807) is 0 Å². The largest absolute Gasteiger partial charge is 0.480 e. The van der Waals surface area contributed by atoms with Gasteiger partial charge in [-0.1, -0.05) is 0 Å². The van der Waals surface area contributed by atoms with Crippen LogP contribution < -0.4 is 11.3 Å². The zero-order chi connectivity index (χ0) is 13.3. The molecule has 0 bridgehead atoms. The minimum Gasteiger partial charge on any atom is -0.480 e. The van der Waals surface area contributed by atoms with Gasteiger partial charge in [0.25, 0.3) is 11.5 Å². The number of amides is 1. The molecule has 4 N–H and O–H groups in total. The first-order valence-electron chi connectivity index (χ1n) is 5.30. The third-order valence-corrected chi connectivity index (χ3v) is 2.91. The molecule has 1 atom stereocenters. The summed E-state index contributed by atoms with van der Waals surface area (Å²) >= 11 is 0. The number of aromatic nitrogens is 2. The van der Waals surface area contributed by atoms with Gasteiger partial charge >= 0.3 is 5.97 Å². The highest BCUT2D eigenvalue weighted by Gasteiger charge is 2.43. The van der Waals surface area contributed by atoms with Gasteiger partial charge in [-0.2, -0.15) is 5.10 Å². The Balaban J connectivity index is 2.15. The second-order valence-corrected chi connectivity index (χ2v) is 4.24. The predicted octanol–water partition coefficient (Wildman–Crippen LogP) is -1.60. The minimum atomic E-state index is -1.40. The summed E-state index contributed by atoms with van der Waals surface area (Å²) in [5.41, 5.74) is 3.90. The average molecular weight is 252 g/mol. The lowest BCUT2D eigenvalue weighted by Gasteiger charge is -2.19. The number of hydrogen-bond donors (Lipinski definition) is 3. The fraction of sp³-hybridized carbons (Fsp3) is 0.400. The molecular weight excluding hydrogens is 240 g/mol. The molecule has 0 radical (unpaired) electrons. The van der Waals surface area contributed by atoms with Crippen LogP contribution >= 0.6 is 0 Å². The fourth-order valence-corrected chi connectivity index (χ4v) is 1.81. The molecule has 0 spiro atoms. The number of likely N-dealkylation sites (tertiary alicyclic amines) is 1. The van der Waals surface area contributed by atoms with Crippen molar-refractivity contribution < 1.29 is 14.7 Å². The molecule has 8 heteroatoms. The monoisotopic (exact) mass is 252 g/mol. The number of nitrogens with one attached hydrogen (secondary N) is 1. The van der Waals surface area contributed by atoms with Crippen molar-refractivity contribution in [1.29, 1.82) is 0 Å². The first-order chi connectivity index (χ1) is 8.42. The number of carbonyl (C=O) groups is 2. The summed E-state index contributed by atoms with van der Waals surface area (Å²) in [6.07, 6.45) is 0.192. The summed E-state index contributed by atoms with van der Waals surface area (Å²) in [5.74, 6) is -1.58. The molecule has 1 saturated heterocycles. The third-order valence-electron chi connectivity index (χ3n) is 2.91. The number of nitrogens with two attached hydrogens (primary N) is 1. The van der Waals surface area contributed by atoms with E-state index in [1.807, 2.05) is 0 Å². The summed E-state index contributed by atoms with van der Waals surface area (Å²) in [6.45, 7) is 0.185. The van der Waals surface area contributed by atoms with E-state index >= 15 is 0 Å². The normalized spacial score (nSPS) is 23.1. The molecule has 1 aromatic heterocycles. The van der Waals surface area contributed by atoms with Crippen molar-refractivity contribution in [2.75, 3.05) is 13.1 Å². The van der Waals surface area contributed by atoms with Gasteiger partial charge in [0.1, 0.15) is 11.2 Å². The van der Waals surface area contributed by atoms with Gasteiger partial charge in [0.15, 0.2) is 0 Å². The van der Waals surface area contributed by atoms with Crippen LogP contribution in [0.5, 0.6) is 0 Å². The van der Waals surface area contributed by atoms with Crippen LogP contribution in [0.15, 0.2) is 16.9 Å². The average Bonchev–Trinajstić information content (AvgIpc) is 2.73. The van der Waals surface area contributed by atoms with Gasteiger partial charge < -0.3 is 15.7 Å². The number of hydrogen-bond acceptors (Lipinski definition) is 5. The van der Waals surface area contributed by atoms with Gasteiger partial charge in [-0.25, -0.2) is 5.10 Å². The maximum Gasteiger partial charge on any atom is 0.325 e. The zero-order valence-corrected chi connectivity index (χ0v) is 9.42. The van der Waals surface area contributed by atoms with Gasteiger partial charge in [-0.05, 0) is 12.5 Å². The molecule has 0 aromatic carbocycles. The number of nitrogens with zero attached hydrogens (tertiary/aromatic N) is 2. The molecule has 2 rings (SSSR count). The van der Waals surface area contributed by atoms with Crippen molar-refractivity contribution in [3.05, 3.63) is 28.2 Å². The number of H-pyrrole nitrogens is 1. The van der Waals surface area contributed by atoms with Gasteiger partial charge in [0.05, 0.1) is 0 Å². The Morgan fingerprint density at radius 3 is 2.72 bits per heavy atom. The van der Waals surface area contributed by atoms with Gasteiger partial charge in [-0.3, -0.25) is 14.4 Å². The van der Waals surface area contributed by atoms with Crippen LogP contribution in [0.25, 0.3) is 0 Å². The molecule has 1 amide bonds. The van der Waals surface area contributed by atoms with Gasteiger partial charge in [0.2, 0.25) is 0 Å². The Morgan fingerprint density at radius 2 is 2.22 bits per heavy atom. The Kier molecular flexibility index (Phi) is 2.87. The van der Waals surface area contributed by atoms with Crippen LogP contribution in [-0.4, -0.2) is 50.7 Å². The Labute approximate surface area is 101 Å². The SMILES string of the molecule is NC1(C(=O)O)CCN(C(=O)c2ccc(=O)[nH]n2)C1. The van der Waals surface area contributed by atoms with Crippen LogP contribution in [0, 0.1) is 0 Å². The van der Waals surface area contributed by atoms with E-state index in [0.29, 0.717) is 0 Å². The first kappa shape index (κ1) is 12.2. The van der Waals surface area contributed by atoms with Crippen LogP contribution in [0.1, 0.15) is 16.9 Å². The zero-order valence-electron chi connectivity index (χ0n) is 9.42. The molecule has 1 aliphatic heterocycles. The minimum absolute atomic E-state index is 0.0595. The van der Waals surface area contributed by atoms with Crippen LogP contribution in [0.2, 0.25) is 0 Å². The van der Waals surface area contributed by atoms with E-state index in [-0.39, 0.29) is 25.2 Å². The first-order valence-corrected chi connectivity index (χ1v) is 5.30. The standard InChI is InChI=1S/C10H12N4O4/c11-10(9(17)18)3-4-14(5-10)8(16)6-1-2-7(15)13-12-6/h1-2H,3-5,11H2,(H,13,15)(H,17,18). The van der Waals surface area contributed by atoms with E-state index in [9.17, 15) is 14.4 Å². The van der Waals surface area contributed by atoms with Crippen molar-refractivity contribution in [3.63, 3.8) is 0 Å². The van der Waals surface area contributed by atoms with Crippen LogP contribution in [-0.2, 0) is 4.79 Å². The van der Waals surface area contributed by atoms with Crippen molar-refractivity contribution in [2.24, 2.45) is 5.73 Å². The van der Waals surface area contributed by atoms with Crippen molar-refractivity contribution in [2.45, 2.75) is 12.0 Å². The molecular formula is C10H12N4O4. The molecule has 0 aliphatic carbocycles. The molecule has 96 valence electrons. The molecule has 1 unspecified atom stereocenters. The summed E-state index contributed by atoms with van der Waals surface area (Å²) in [4.78, 5) is 35.0. The van der Waals surface area contributed by atoms with Gasteiger partial charge in [0, 0.05) is 19.2 Å². The van der Waals surface area contributed by atoms with Crippen molar-refractivity contribution in [3.8, 4) is 0 Å². The number of carbonyl (C=O) groups excluding carboxylic acids is 1. The molecule has 1 aliphatic rings. The summed E-state index contributed by atoms with van der Waals surface area (Å²) in [6, 6.07) is 2.47. The lowest BCUT2D eigenvalue weighted by atomic mass is 10.0. The Bertz CT molecular complexity index is 535. The van der Waals surface area contributed by atoms with Crippen molar-refractivity contribution >= 4 is 11.9 Å². The quantitative estimate of drug-likeness (QED) is 0.581. The molecule has 1 fully saturated rings. The highest BCUT2D eigenvalue weighted by molar-refractivity contribution is 5.93. The van der Waals surface area contributed by atoms with E-state index in [0.717, 1.165) is 0 Å². The van der Waals surface area contributed by atoms with Crippen LogP contribution in [0.3, 0.4) is 0 Å². The number of rotatable bonds is 2. The highest BCUT2D eigenvalue weighted by Crippen LogP contribution is 2.20. The summed E-state index contributed by atoms with van der Waals surface area (Å²) in [7, 11) is 0. The smallest absolute Gasteiger partial charge is 0.325 e. The molecule has 18 heavy (non-hydrogen) atoms. The maximum absolute atomic E-state index is 12.0. The molecule has 0 saturated carbocycles. The Morgan fingerprint density at radius 1 is 1.50 bits per heavy atom. The predicted molar refractivity (Wildman–Crippen MR) is 59.9 cm³/mol. The number of aromatic amines is 1. The van der Waals surface area contributed by atoms with E-state index in [4.69, 9.17) is 10.8 Å². The molecule has 8 nitrogen and oxygen atoms in total. The van der Waals surface area contributed by atoms with E-state index < -0.39 is 23.0 Å². The Hall–Kier alpha value is -2.22. The summed E-state index contributed by atoms with van der Waals surface area (Å²) < 4.78 is 0. The van der Waals surface area contributed by atoms with Gasteiger partial charge in [-0.15, -0.1) is 0 Å². The number of carboxylic acid groups (broad SMARTS) is 1. The lowest BCUT2D eigenvalue weighted by Crippen LogP contribution is -2.50. The fourth-order valence-electron chi connectivity index (χ4n) is 1.81. The second kappa shape index (κ2) is 4.22.